The van der Waals surface area contributed by atoms with Crippen LogP contribution in [0, 0.1) is 11.7 Å². The summed E-state index contributed by atoms with van der Waals surface area (Å²) in [5.74, 6) is 0.275. The van der Waals surface area contributed by atoms with Gasteiger partial charge >= 0.3 is 0 Å². The highest BCUT2D eigenvalue weighted by Gasteiger charge is 2.13. The van der Waals surface area contributed by atoms with Crippen LogP contribution < -0.4 is 10.6 Å². The molecule has 1 aromatic carbocycles. The minimum absolute atomic E-state index is 0.123. The molecule has 2 nitrogen and oxygen atoms in total. The number of anilines is 1. The Bertz CT molecular complexity index is 327. The van der Waals surface area contributed by atoms with Crippen molar-refractivity contribution in [1.29, 1.82) is 0 Å². The zero-order valence-corrected chi connectivity index (χ0v) is 10.3. The van der Waals surface area contributed by atoms with Gasteiger partial charge in [-0.05, 0) is 24.1 Å². The van der Waals surface area contributed by atoms with Crippen molar-refractivity contribution in [2.45, 2.75) is 26.3 Å². The number of nitrogens with two attached hydrogens (primary N) is 1. The molecule has 0 saturated heterocycles. The molecule has 2 N–H and O–H groups in total. The van der Waals surface area contributed by atoms with E-state index in [2.05, 4.69) is 13.8 Å². The van der Waals surface area contributed by atoms with Crippen molar-refractivity contribution in [3.8, 4) is 0 Å². The fourth-order valence-electron chi connectivity index (χ4n) is 1.62. The van der Waals surface area contributed by atoms with Crippen molar-refractivity contribution in [3.63, 3.8) is 0 Å². The van der Waals surface area contributed by atoms with Crippen molar-refractivity contribution < 1.29 is 4.39 Å². The first-order chi connectivity index (χ1) is 7.54. The largest absolute Gasteiger partial charge is 0.373 e. The van der Waals surface area contributed by atoms with Crippen LogP contribution in [0.5, 0.6) is 0 Å². The lowest BCUT2D eigenvalue weighted by Gasteiger charge is -2.26. The molecule has 0 heterocycles. The van der Waals surface area contributed by atoms with Gasteiger partial charge in [0.15, 0.2) is 0 Å². The van der Waals surface area contributed by atoms with E-state index in [4.69, 9.17) is 5.73 Å². The summed E-state index contributed by atoms with van der Waals surface area (Å²) in [7, 11) is 1.94. The molecule has 2 unspecified atom stereocenters. The summed E-state index contributed by atoms with van der Waals surface area (Å²) in [5.41, 5.74) is 6.94. The van der Waals surface area contributed by atoms with E-state index in [1.54, 1.807) is 6.07 Å². The number of likely N-dealkylation sites (N-methyl/N-ethyl adjacent to an activating group) is 1. The molecule has 0 bridgehead atoms. The van der Waals surface area contributed by atoms with Crippen LogP contribution in [-0.2, 0) is 0 Å². The van der Waals surface area contributed by atoms with Crippen molar-refractivity contribution >= 4 is 5.69 Å². The van der Waals surface area contributed by atoms with Gasteiger partial charge in [0.1, 0.15) is 5.82 Å². The summed E-state index contributed by atoms with van der Waals surface area (Å²) < 4.78 is 13.0. The molecule has 0 amide bonds. The van der Waals surface area contributed by atoms with E-state index in [1.807, 2.05) is 18.0 Å². The number of hydrogen-bond acceptors (Lipinski definition) is 2. The third-order valence-electron chi connectivity index (χ3n) is 3.11. The van der Waals surface area contributed by atoms with Crippen LogP contribution in [0.4, 0.5) is 10.1 Å². The quantitative estimate of drug-likeness (QED) is 0.833. The number of benzene rings is 1. The van der Waals surface area contributed by atoms with E-state index >= 15 is 0 Å². The molecule has 0 fully saturated rings. The second-order valence-corrected chi connectivity index (χ2v) is 4.41. The highest BCUT2D eigenvalue weighted by molar-refractivity contribution is 5.45. The van der Waals surface area contributed by atoms with Crippen LogP contribution in [0.1, 0.15) is 20.3 Å². The molecule has 90 valence electrons. The number of nitrogens with zero attached hydrogens (tertiary/aromatic N) is 1. The Labute approximate surface area is 97.3 Å². The van der Waals surface area contributed by atoms with Gasteiger partial charge in [-0.15, -0.1) is 0 Å². The van der Waals surface area contributed by atoms with Crippen LogP contribution in [-0.4, -0.2) is 19.6 Å². The van der Waals surface area contributed by atoms with Gasteiger partial charge in [-0.1, -0.05) is 26.3 Å². The maximum Gasteiger partial charge on any atom is 0.125 e. The molecule has 0 saturated carbocycles. The first kappa shape index (κ1) is 13.0. The van der Waals surface area contributed by atoms with Crippen LogP contribution in [0.3, 0.4) is 0 Å². The number of rotatable bonds is 5. The van der Waals surface area contributed by atoms with E-state index in [0.717, 1.165) is 18.7 Å². The van der Waals surface area contributed by atoms with Gasteiger partial charge in [0.2, 0.25) is 0 Å². The minimum Gasteiger partial charge on any atom is -0.373 e. The molecule has 0 aliphatic carbocycles. The molecule has 3 heteroatoms. The van der Waals surface area contributed by atoms with E-state index in [0.29, 0.717) is 5.92 Å². The Morgan fingerprint density at radius 2 is 2.12 bits per heavy atom. The Kier molecular flexibility index (Phi) is 4.74. The number of halogens is 1. The molecule has 16 heavy (non-hydrogen) atoms. The van der Waals surface area contributed by atoms with Gasteiger partial charge in [-0.3, -0.25) is 0 Å². The molecule has 0 aromatic heterocycles. The van der Waals surface area contributed by atoms with E-state index in [-0.39, 0.29) is 11.9 Å². The van der Waals surface area contributed by atoms with Gasteiger partial charge in [0, 0.05) is 25.3 Å². The standard InChI is InChI=1S/C13H21FN2/c1-4-10(2)13(15)9-16(3)12-7-5-6-11(14)8-12/h5-8,10,13H,4,9,15H2,1-3H3. The highest BCUT2D eigenvalue weighted by Crippen LogP contribution is 2.15. The average Bonchev–Trinajstić information content (AvgIpc) is 2.27. The van der Waals surface area contributed by atoms with Crippen LogP contribution >= 0.6 is 0 Å². The van der Waals surface area contributed by atoms with E-state index in [9.17, 15) is 4.39 Å². The second-order valence-electron chi connectivity index (χ2n) is 4.41. The maximum atomic E-state index is 13.0. The molecule has 1 rings (SSSR count). The van der Waals surface area contributed by atoms with Crippen molar-refractivity contribution in [3.05, 3.63) is 30.1 Å². The summed E-state index contributed by atoms with van der Waals surface area (Å²) in [6.45, 7) is 5.02. The molecule has 1 aromatic rings. The van der Waals surface area contributed by atoms with Gasteiger partial charge in [0.05, 0.1) is 0 Å². The second kappa shape index (κ2) is 5.85. The lowest BCUT2D eigenvalue weighted by Crippen LogP contribution is -2.39. The first-order valence-electron chi connectivity index (χ1n) is 5.77. The topological polar surface area (TPSA) is 29.3 Å². The normalized spacial score (nSPS) is 14.6. The summed E-state index contributed by atoms with van der Waals surface area (Å²) in [6, 6.07) is 6.72. The Morgan fingerprint density at radius 1 is 1.44 bits per heavy atom. The predicted octanol–water partition coefficient (Wildman–Crippen LogP) is 2.64. The Hall–Kier alpha value is -1.09. The molecular weight excluding hydrogens is 203 g/mol. The smallest absolute Gasteiger partial charge is 0.125 e. The van der Waals surface area contributed by atoms with Crippen LogP contribution in [0.15, 0.2) is 24.3 Å². The first-order valence-corrected chi connectivity index (χ1v) is 5.77. The van der Waals surface area contributed by atoms with E-state index in [1.165, 1.54) is 12.1 Å². The van der Waals surface area contributed by atoms with Crippen molar-refractivity contribution in [2.75, 3.05) is 18.5 Å². The molecule has 0 radical (unpaired) electrons. The fourth-order valence-corrected chi connectivity index (χ4v) is 1.62. The zero-order valence-electron chi connectivity index (χ0n) is 10.3. The minimum atomic E-state index is -0.207. The van der Waals surface area contributed by atoms with Crippen LogP contribution in [0.25, 0.3) is 0 Å². The molecule has 0 spiro atoms. The Morgan fingerprint density at radius 3 is 2.69 bits per heavy atom. The van der Waals surface area contributed by atoms with Gasteiger partial charge in [-0.25, -0.2) is 4.39 Å². The summed E-state index contributed by atoms with van der Waals surface area (Å²) >= 11 is 0. The van der Waals surface area contributed by atoms with Gasteiger partial charge in [0.25, 0.3) is 0 Å². The lowest BCUT2D eigenvalue weighted by atomic mass is 9.99. The number of hydrogen-bond donors (Lipinski definition) is 1. The Balaban J connectivity index is 2.61. The van der Waals surface area contributed by atoms with Gasteiger partial charge in [-0.2, -0.15) is 0 Å². The summed E-state index contributed by atoms with van der Waals surface area (Å²) in [4.78, 5) is 2.00. The zero-order chi connectivity index (χ0) is 12.1. The van der Waals surface area contributed by atoms with Crippen molar-refractivity contribution in [1.82, 2.24) is 0 Å². The molecule has 2 atom stereocenters. The molecular formula is C13H21FN2. The summed E-state index contributed by atoms with van der Waals surface area (Å²) in [6.07, 6.45) is 1.07. The van der Waals surface area contributed by atoms with Crippen molar-refractivity contribution in [2.24, 2.45) is 11.7 Å². The fraction of sp³-hybridized carbons (Fsp3) is 0.538. The SMILES string of the molecule is CCC(C)C(N)CN(C)c1cccc(F)c1. The highest BCUT2D eigenvalue weighted by atomic mass is 19.1. The van der Waals surface area contributed by atoms with Crippen LogP contribution in [0.2, 0.25) is 0 Å². The average molecular weight is 224 g/mol. The molecule has 0 aliphatic heterocycles. The third-order valence-corrected chi connectivity index (χ3v) is 3.11. The van der Waals surface area contributed by atoms with E-state index < -0.39 is 0 Å². The maximum absolute atomic E-state index is 13.0. The monoisotopic (exact) mass is 224 g/mol. The predicted molar refractivity (Wildman–Crippen MR) is 67.1 cm³/mol. The molecule has 0 aliphatic rings. The third kappa shape index (κ3) is 3.49. The van der Waals surface area contributed by atoms with Gasteiger partial charge < -0.3 is 10.6 Å². The lowest BCUT2D eigenvalue weighted by molar-refractivity contribution is 0.443. The summed E-state index contributed by atoms with van der Waals surface area (Å²) in [5, 5.41) is 0.